The van der Waals surface area contributed by atoms with E-state index in [1.165, 1.54) is 30.0 Å². The van der Waals surface area contributed by atoms with Crippen molar-refractivity contribution in [3.8, 4) is 5.75 Å². The number of aromatic hydroxyl groups is 1. The summed E-state index contributed by atoms with van der Waals surface area (Å²) in [6.07, 6.45) is 1.66. The van der Waals surface area contributed by atoms with E-state index in [4.69, 9.17) is 0 Å². The Labute approximate surface area is 130 Å². The van der Waals surface area contributed by atoms with Crippen molar-refractivity contribution < 1.29 is 14.3 Å². The quantitative estimate of drug-likeness (QED) is 0.835. The zero-order valence-electron chi connectivity index (χ0n) is 11.3. The molecule has 0 bridgehead atoms. The molecule has 2 aromatic carbocycles. The van der Waals surface area contributed by atoms with Gasteiger partial charge in [-0.1, -0.05) is 24.3 Å². The van der Waals surface area contributed by atoms with Crippen molar-refractivity contribution in [2.24, 2.45) is 4.99 Å². The van der Waals surface area contributed by atoms with E-state index in [1.54, 1.807) is 36.4 Å². The van der Waals surface area contributed by atoms with Gasteiger partial charge in [-0.3, -0.25) is 4.79 Å². The molecule has 2 aromatic rings. The van der Waals surface area contributed by atoms with Gasteiger partial charge >= 0.3 is 0 Å². The minimum Gasteiger partial charge on any atom is -0.506 e. The molecule has 0 spiro atoms. The number of nitrogens with zero attached hydrogens (tertiary/aromatic N) is 1. The Morgan fingerprint density at radius 3 is 2.59 bits per heavy atom. The first-order chi connectivity index (χ1) is 10.6. The monoisotopic (exact) mass is 314 g/mol. The highest BCUT2D eigenvalue weighted by Crippen LogP contribution is 2.31. The van der Waals surface area contributed by atoms with Gasteiger partial charge in [0.1, 0.15) is 17.3 Å². The van der Waals surface area contributed by atoms with Crippen LogP contribution in [0.25, 0.3) is 6.08 Å². The van der Waals surface area contributed by atoms with Crippen LogP contribution < -0.4 is 5.32 Å². The van der Waals surface area contributed by atoms with Gasteiger partial charge in [-0.2, -0.15) is 0 Å². The van der Waals surface area contributed by atoms with E-state index >= 15 is 0 Å². The molecule has 0 saturated carbocycles. The van der Waals surface area contributed by atoms with Gasteiger partial charge in [-0.25, -0.2) is 9.38 Å². The third-order valence-electron chi connectivity index (χ3n) is 2.92. The van der Waals surface area contributed by atoms with Gasteiger partial charge in [-0.05, 0) is 47.7 Å². The first-order valence-corrected chi connectivity index (χ1v) is 7.26. The lowest BCUT2D eigenvalue weighted by molar-refractivity contribution is -0.115. The predicted molar refractivity (Wildman–Crippen MR) is 85.3 cm³/mol. The summed E-state index contributed by atoms with van der Waals surface area (Å²) < 4.78 is 12.9. The average molecular weight is 314 g/mol. The summed E-state index contributed by atoms with van der Waals surface area (Å²) in [5.74, 6) is -0.559. The maximum Gasteiger partial charge on any atom is 0.264 e. The molecule has 1 saturated heterocycles. The Bertz CT molecular complexity index is 785. The van der Waals surface area contributed by atoms with E-state index in [1.807, 2.05) is 0 Å². The van der Waals surface area contributed by atoms with E-state index in [9.17, 15) is 14.3 Å². The lowest BCUT2D eigenvalue weighted by Gasteiger charge is -1.98. The number of halogens is 1. The number of phenolic OH excluding ortho intramolecular Hbond substituents is 1. The third kappa shape index (κ3) is 3.17. The van der Waals surface area contributed by atoms with Crippen molar-refractivity contribution in [2.45, 2.75) is 0 Å². The van der Waals surface area contributed by atoms with Gasteiger partial charge < -0.3 is 10.4 Å². The largest absolute Gasteiger partial charge is 0.506 e. The number of aliphatic imine (C=N–C) groups is 1. The molecular weight excluding hydrogens is 303 g/mol. The lowest BCUT2D eigenvalue weighted by atomic mass is 10.2. The zero-order chi connectivity index (χ0) is 15.5. The smallest absolute Gasteiger partial charge is 0.264 e. The van der Waals surface area contributed by atoms with E-state index in [0.717, 1.165) is 5.56 Å². The van der Waals surface area contributed by atoms with Crippen LogP contribution in [0.15, 0.2) is 58.4 Å². The zero-order valence-corrected chi connectivity index (χ0v) is 12.1. The van der Waals surface area contributed by atoms with Gasteiger partial charge in [0.2, 0.25) is 0 Å². The van der Waals surface area contributed by atoms with Crippen LogP contribution in [-0.4, -0.2) is 16.2 Å². The predicted octanol–water partition coefficient (Wildman–Crippen LogP) is 3.42. The number of nitrogens with one attached hydrogen (secondary N) is 1. The molecule has 0 aliphatic carbocycles. The van der Waals surface area contributed by atoms with Crippen LogP contribution in [-0.2, 0) is 4.79 Å². The van der Waals surface area contributed by atoms with Crippen molar-refractivity contribution in [3.05, 3.63) is 64.8 Å². The van der Waals surface area contributed by atoms with E-state index in [2.05, 4.69) is 10.3 Å². The Morgan fingerprint density at radius 2 is 1.86 bits per heavy atom. The third-order valence-corrected chi connectivity index (χ3v) is 3.83. The highest BCUT2D eigenvalue weighted by Gasteiger charge is 2.24. The number of benzene rings is 2. The highest BCUT2D eigenvalue weighted by atomic mass is 32.2. The van der Waals surface area contributed by atoms with Crippen LogP contribution in [0, 0.1) is 5.82 Å². The van der Waals surface area contributed by atoms with Crippen LogP contribution >= 0.6 is 11.8 Å². The van der Waals surface area contributed by atoms with E-state index in [-0.39, 0.29) is 17.5 Å². The summed E-state index contributed by atoms with van der Waals surface area (Å²) in [6, 6.07) is 12.5. The molecule has 1 heterocycles. The second-order valence-electron chi connectivity index (χ2n) is 4.52. The lowest BCUT2D eigenvalue weighted by Crippen LogP contribution is -2.19. The topological polar surface area (TPSA) is 61.7 Å². The molecule has 0 unspecified atom stereocenters. The second kappa shape index (κ2) is 6.03. The molecule has 1 fully saturated rings. The maximum atomic E-state index is 12.9. The fourth-order valence-corrected chi connectivity index (χ4v) is 2.69. The van der Waals surface area contributed by atoms with Gasteiger partial charge in [0.15, 0.2) is 5.17 Å². The average Bonchev–Trinajstić information content (AvgIpc) is 2.84. The van der Waals surface area contributed by atoms with Gasteiger partial charge in [-0.15, -0.1) is 0 Å². The van der Waals surface area contributed by atoms with Crippen LogP contribution in [0.3, 0.4) is 0 Å². The minimum absolute atomic E-state index is 0.0424. The first-order valence-electron chi connectivity index (χ1n) is 6.45. The van der Waals surface area contributed by atoms with Crippen molar-refractivity contribution in [1.29, 1.82) is 0 Å². The van der Waals surface area contributed by atoms with Crippen molar-refractivity contribution in [3.63, 3.8) is 0 Å². The van der Waals surface area contributed by atoms with E-state index in [0.29, 0.717) is 15.8 Å². The Morgan fingerprint density at radius 1 is 1.14 bits per heavy atom. The summed E-state index contributed by atoms with van der Waals surface area (Å²) in [5, 5.41) is 12.7. The normalized spacial score (nSPS) is 18.0. The Balaban J connectivity index is 1.84. The molecule has 4 nitrogen and oxygen atoms in total. The molecule has 22 heavy (non-hydrogen) atoms. The van der Waals surface area contributed by atoms with E-state index < -0.39 is 0 Å². The number of amidine groups is 1. The van der Waals surface area contributed by atoms with Crippen LogP contribution in [0.1, 0.15) is 5.56 Å². The number of thioether (sulfide) groups is 1. The summed E-state index contributed by atoms with van der Waals surface area (Å²) >= 11 is 1.17. The molecule has 110 valence electrons. The first kappa shape index (κ1) is 14.3. The number of carbonyl (C=O) groups excluding carboxylic acids is 1. The van der Waals surface area contributed by atoms with Crippen LogP contribution in [0.5, 0.6) is 5.75 Å². The molecule has 0 aromatic heterocycles. The van der Waals surface area contributed by atoms with Gasteiger partial charge in [0.05, 0.1) is 4.91 Å². The maximum absolute atomic E-state index is 12.9. The molecule has 1 aliphatic heterocycles. The van der Waals surface area contributed by atoms with Gasteiger partial charge in [0.25, 0.3) is 5.91 Å². The summed E-state index contributed by atoms with van der Waals surface area (Å²) in [6.45, 7) is 0. The molecule has 3 rings (SSSR count). The van der Waals surface area contributed by atoms with Crippen molar-refractivity contribution in [2.75, 3.05) is 0 Å². The second-order valence-corrected chi connectivity index (χ2v) is 5.55. The Hall–Kier alpha value is -2.60. The number of amides is 1. The van der Waals surface area contributed by atoms with Crippen LogP contribution in [0.2, 0.25) is 0 Å². The highest BCUT2D eigenvalue weighted by molar-refractivity contribution is 8.18. The Kier molecular flexibility index (Phi) is 3.93. The van der Waals surface area contributed by atoms with Crippen molar-refractivity contribution in [1.82, 2.24) is 5.32 Å². The van der Waals surface area contributed by atoms with Crippen LogP contribution in [0.4, 0.5) is 10.1 Å². The number of hydrogen-bond acceptors (Lipinski definition) is 4. The summed E-state index contributed by atoms with van der Waals surface area (Å²) in [4.78, 5) is 16.6. The minimum atomic E-state index is -0.326. The number of carbonyl (C=O) groups is 1. The molecule has 1 aliphatic rings. The molecule has 6 heteroatoms. The SMILES string of the molecule is O=C1NC(=Nc2ccccc2O)S/C1=C\c1ccc(F)cc1. The van der Waals surface area contributed by atoms with Gasteiger partial charge in [0, 0.05) is 0 Å². The fourth-order valence-electron chi connectivity index (χ4n) is 1.86. The number of rotatable bonds is 2. The molecule has 0 radical (unpaired) electrons. The molecular formula is C16H11FN2O2S. The standard InChI is InChI=1S/C16H11FN2O2S/c17-11-7-5-10(6-8-11)9-14-15(21)19-16(22-14)18-12-3-1-2-4-13(12)20/h1-9,20H,(H,18,19,21)/b14-9-. The molecule has 2 N–H and O–H groups in total. The summed E-state index contributed by atoms with van der Waals surface area (Å²) in [5.41, 5.74) is 1.11. The number of hydrogen-bond donors (Lipinski definition) is 2. The number of phenols is 1. The molecule has 1 amide bonds. The van der Waals surface area contributed by atoms with Crippen molar-refractivity contribution >= 4 is 34.6 Å². The summed E-state index contributed by atoms with van der Waals surface area (Å²) in [7, 11) is 0. The fraction of sp³-hybridized carbons (Fsp3) is 0. The number of para-hydroxylation sites is 2. The molecule has 0 atom stereocenters.